The van der Waals surface area contributed by atoms with E-state index in [0.717, 1.165) is 18.4 Å². The van der Waals surface area contributed by atoms with Crippen LogP contribution in [0.25, 0.3) is 0 Å². The number of nitrogens with zero attached hydrogens (tertiary/aromatic N) is 1. The summed E-state index contributed by atoms with van der Waals surface area (Å²) >= 11 is 0. The average Bonchev–Trinajstić information content (AvgIpc) is 3.20. The van der Waals surface area contributed by atoms with E-state index in [1.807, 2.05) is 17.9 Å². The highest BCUT2D eigenvalue weighted by atomic mass is 16.2. The predicted octanol–water partition coefficient (Wildman–Crippen LogP) is 2.68. The third-order valence-corrected chi connectivity index (χ3v) is 5.20. The van der Waals surface area contributed by atoms with Crippen molar-refractivity contribution in [2.45, 2.75) is 52.0 Å². The van der Waals surface area contributed by atoms with Crippen molar-refractivity contribution >= 4 is 29.1 Å². The number of amides is 3. The van der Waals surface area contributed by atoms with Crippen LogP contribution < -0.4 is 10.6 Å². The summed E-state index contributed by atoms with van der Waals surface area (Å²) < 4.78 is 0. The number of anilines is 2. The Labute approximate surface area is 148 Å². The van der Waals surface area contributed by atoms with Gasteiger partial charge in [0.25, 0.3) is 0 Å². The molecule has 1 saturated heterocycles. The van der Waals surface area contributed by atoms with E-state index in [1.165, 1.54) is 19.8 Å². The molecule has 0 bridgehead atoms. The second-order valence-electron chi connectivity index (χ2n) is 7.03. The van der Waals surface area contributed by atoms with Crippen LogP contribution in [0.4, 0.5) is 11.4 Å². The Kier molecular flexibility index (Phi) is 5.06. The molecule has 1 saturated carbocycles. The normalized spacial score (nSPS) is 20.8. The van der Waals surface area contributed by atoms with Gasteiger partial charge >= 0.3 is 0 Å². The summed E-state index contributed by atoms with van der Waals surface area (Å²) in [5.41, 5.74) is 2.16. The molecule has 0 aromatic heterocycles. The molecule has 1 atom stereocenters. The van der Waals surface area contributed by atoms with Crippen molar-refractivity contribution < 1.29 is 14.4 Å². The highest BCUT2D eigenvalue weighted by Crippen LogP contribution is 2.30. The highest BCUT2D eigenvalue weighted by Gasteiger charge is 2.38. The Hall–Kier alpha value is -2.37. The minimum absolute atomic E-state index is 0.0933. The molecular weight excluding hydrogens is 318 g/mol. The molecule has 0 radical (unpaired) electrons. The van der Waals surface area contributed by atoms with Gasteiger partial charge in [-0.3, -0.25) is 14.4 Å². The Bertz CT molecular complexity index is 695. The van der Waals surface area contributed by atoms with E-state index in [2.05, 4.69) is 10.6 Å². The zero-order valence-corrected chi connectivity index (χ0v) is 14.8. The lowest BCUT2D eigenvalue weighted by Crippen LogP contribution is -2.35. The molecule has 0 spiro atoms. The summed E-state index contributed by atoms with van der Waals surface area (Å²) in [6, 6.07) is 5.71. The summed E-state index contributed by atoms with van der Waals surface area (Å²) in [6.45, 7) is 3.82. The first-order valence-electron chi connectivity index (χ1n) is 8.93. The van der Waals surface area contributed by atoms with E-state index >= 15 is 0 Å². The van der Waals surface area contributed by atoms with Crippen molar-refractivity contribution in [2.24, 2.45) is 5.92 Å². The van der Waals surface area contributed by atoms with Gasteiger partial charge in [-0.15, -0.1) is 0 Å². The number of carbonyl (C=O) groups is 3. The Morgan fingerprint density at radius 2 is 1.76 bits per heavy atom. The smallest absolute Gasteiger partial charge is 0.229 e. The minimum Gasteiger partial charge on any atom is -0.339 e. The van der Waals surface area contributed by atoms with Crippen molar-refractivity contribution in [1.82, 2.24) is 4.90 Å². The molecule has 6 nitrogen and oxygen atoms in total. The van der Waals surface area contributed by atoms with E-state index in [0.29, 0.717) is 24.0 Å². The SMILES string of the molecule is CC(=O)Nc1cccc(NC(=O)C2CC(=O)N(C3CCCC3)C2)c1C. The van der Waals surface area contributed by atoms with Crippen molar-refractivity contribution in [3.05, 3.63) is 23.8 Å². The fraction of sp³-hybridized carbons (Fsp3) is 0.526. The fourth-order valence-electron chi connectivity index (χ4n) is 3.81. The second kappa shape index (κ2) is 7.25. The molecule has 1 aromatic carbocycles. The third kappa shape index (κ3) is 3.83. The van der Waals surface area contributed by atoms with Gasteiger partial charge in [0.05, 0.1) is 5.92 Å². The van der Waals surface area contributed by atoms with E-state index in [1.54, 1.807) is 12.1 Å². The quantitative estimate of drug-likeness (QED) is 0.882. The van der Waals surface area contributed by atoms with E-state index in [-0.39, 0.29) is 30.1 Å². The van der Waals surface area contributed by atoms with Gasteiger partial charge in [-0.1, -0.05) is 18.9 Å². The molecule has 2 N–H and O–H groups in total. The maximum atomic E-state index is 12.6. The minimum atomic E-state index is -0.308. The summed E-state index contributed by atoms with van der Waals surface area (Å²) in [7, 11) is 0. The third-order valence-electron chi connectivity index (χ3n) is 5.20. The van der Waals surface area contributed by atoms with Gasteiger partial charge in [0.1, 0.15) is 0 Å². The molecule has 1 heterocycles. The topological polar surface area (TPSA) is 78.5 Å². The van der Waals surface area contributed by atoms with Crippen molar-refractivity contribution in [1.29, 1.82) is 0 Å². The largest absolute Gasteiger partial charge is 0.339 e. The lowest BCUT2D eigenvalue weighted by Gasteiger charge is -2.24. The molecule has 134 valence electrons. The fourth-order valence-corrected chi connectivity index (χ4v) is 3.81. The number of benzene rings is 1. The first-order chi connectivity index (χ1) is 12.0. The van der Waals surface area contributed by atoms with Crippen LogP contribution in [0.3, 0.4) is 0 Å². The van der Waals surface area contributed by atoms with Gasteiger partial charge < -0.3 is 15.5 Å². The predicted molar refractivity (Wildman–Crippen MR) is 96.2 cm³/mol. The molecular formula is C19H25N3O3. The van der Waals surface area contributed by atoms with Crippen LogP contribution >= 0.6 is 0 Å². The molecule has 1 aliphatic heterocycles. The van der Waals surface area contributed by atoms with Gasteiger partial charge in [-0.25, -0.2) is 0 Å². The van der Waals surface area contributed by atoms with Crippen LogP contribution in [0.1, 0.15) is 44.6 Å². The van der Waals surface area contributed by atoms with Gasteiger partial charge in [-0.05, 0) is 37.5 Å². The van der Waals surface area contributed by atoms with Crippen molar-refractivity contribution in [3.63, 3.8) is 0 Å². The zero-order valence-electron chi connectivity index (χ0n) is 14.8. The number of likely N-dealkylation sites (tertiary alicyclic amines) is 1. The van der Waals surface area contributed by atoms with Crippen LogP contribution in [-0.4, -0.2) is 35.2 Å². The highest BCUT2D eigenvalue weighted by molar-refractivity contribution is 5.99. The van der Waals surface area contributed by atoms with E-state index in [9.17, 15) is 14.4 Å². The monoisotopic (exact) mass is 343 g/mol. The summed E-state index contributed by atoms with van der Waals surface area (Å²) in [5, 5.41) is 5.68. The molecule has 2 aliphatic rings. The van der Waals surface area contributed by atoms with Gasteiger partial charge in [0.15, 0.2) is 0 Å². The van der Waals surface area contributed by atoms with Crippen LogP contribution in [0, 0.1) is 12.8 Å². The molecule has 1 unspecified atom stereocenters. The Morgan fingerprint density at radius 1 is 1.12 bits per heavy atom. The first-order valence-corrected chi connectivity index (χ1v) is 8.93. The lowest BCUT2D eigenvalue weighted by molar-refractivity contribution is -0.130. The van der Waals surface area contributed by atoms with Gasteiger partial charge in [0, 0.05) is 37.3 Å². The molecule has 3 rings (SSSR count). The number of nitrogens with one attached hydrogen (secondary N) is 2. The number of hydrogen-bond acceptors (Lipinski definition) is 3. The standard InChI is InChI=1S/C19H25N3O3/c1-12-16(20-13(2)23)8-5-9-17(12)21-19(25)14-10-18(24)22(11-14)15-6-3-4-7-15/h5,8-9,14-15H,3-4,6-7,10-11H2,1-2H3,(H,20,23)(H,21,25). The first kappa shape index (κ1) is 17.5. The lowest BCUT2D eigenvalue weighted by atomic mass is 10.1. The maximum Gasteiger partial charge on any atom is 0.229 e. The molecule has 25 heavy (non-hydrogen) atoms. The van der Waals surface area contributed by atoms with Crippen LogP contribution in [0.5, 0.6) is 0 Å². The van der Waals surface area contributed by atoms with E-state index < -0.39 is 0 Å². The van der Waals surface area contributed by atoms with Gasteiger partial charge in [0.2, 0.25) is 17.7 Å². The molecule has 3 amide bonds. The Balaban J connectivity index is 1.66. The summed E-state index contributed by atoms with van der Waals surface area (Å²) in [6.07, 6.45) is 4.73. The van der Waals surface area contributed by atoms with E-state index in [4.69, 9.17) is 0 Å². The molecule has 1 aliphatic carbocycles. The molecule has 1 aromatic rings. The summed E-state index contributed by atoms with van der Waals surface area (Å²) in [4.78, 5) is 38.1. The summed E-state index contributed by atoms with van der Waals surface area (Å²) in [5.74, 6) is -0.496. The van der Waals surface area contributed by atoms with Crippen LogP contribution in [-0.2, 0) is 14.4 Å². The van der Waals surface area contributed by atoms with Crippen LogP contribution in [0.15, 0.2) is 18.2 Å². The molecule has 6 heteroatoms. The number of hydrogen-bond donors (Lipinski definition) is 2. The van der Waals surface area contributed by atoms with Crippen LogP contribution in [0.2, 0.25) is 0 Å². The second-order valence-corrected chi connectivity index (χ2v) is 7.03. The zero-order chi connectivity index (χ0) is 18.0. The van der Waals surface area contributed by atoms with Crippen molar-refractivity contribution in [3.8, 4) is 0 Å². The molecule has 2 fully saturated rings. The average molecular weight is 343 g/mol. The Morgan fingerprint density at radius 3 is 2.40 bits per heavy atom. The number of carbonyl (C=O) groups excluding carboxylic acids is 3. The van der Waals surface area contributed by atoms with Gasteiger partial charge in [-0.2, -0.15) is 0 Å². The maximum absolute atomic E-state index is 12.6. The van der Waals surface area contributed by atoms with Crippen molar-refractivity contribution in [2.75, 3.05) is 17.2 Å². The number of rotatable bonds is 4.